The highest BCUT2D eigenvalue weighted by Crippen LogP contribution is 2.35. The Morgan fingerprint density at radius 3 is 2.68 bits per heavy atom. The second kappa shape index (κ2) is 7.40. The summed E-state index contributed by atoms with van der Waals surface area (Å²) in [6, 6.07) is 16.9. The van der Waals surface area contributed by atoms with E-state index in [1.54, 1.807) is 6.07 Å². The van der Waals surface area contributed by atoms with Gasteiger partial charge in [0.15, 0.2) is 0 Å². The van der Waals surface area contributed by atoms with Gasteiger partial charge in [-0.05, 0) is 42.0 Å². The van der Waals surface area contributed by atoms with Crippen LogP contribution in [0.4, 0.5) is 0 Å². The van der Waals surface area contributed by atoms with Crippen molar-refractivity contribution in [2.75, 3.05) is 13.1 Å². The monoisotopic (exact) mass is 334 g/mol. The number of nitrogens with zero attached hydrogens (tertiary/aromatic N) is 2. The van der Waals surface area contributed by atoms with Crippen LogP contribution >= 0.6 is 0 Å². The predicted molar refractivity (Wildman–Crippen MR) is 96.3 cm³/mol. The zero-order valence-electron chi connectivity index (χ0n) is 14.4. The van der Waals surface area contributed by atoms with Crippen molar-refractivity contribution in [2.45, 2.75) is 25.7 Å². The fraction of sp³-hybridized carbons (Fsp3) is 0.333. The van der Waals surface area contributed by atoms with Gasteiger partial charge in [0.05, 0.1) is 5.56 Å². The molecule has 25 heavy (non-hydrogen) atoms. The first-order valence-corrected chi connectivity index (χ1v) is 8.71. The molecule has 0 saturated carbocycles. The van der Waals surface area contributed by atoms with Crippen LogP contribution in [0.15, 0.2) is 48.5 Å². The fourth-order valence-corrected chi connectivity index (χ4v) is 3.71. The summed E-state index contributed by atoms with van der Waals surface area (Å²) in [5.41, 5.74) is 1.97. The highest BCUT2D eigenvalue weighted by Gasteiger charge is 2.31. The Morgan fingerprint density at radius 2 is 2.04 bits per heavy atom. The molecule has 2 atom stereocenters. The third-order valence-electron chi connectivity index (χ3n) is 5.14. The van der Waals surface area contributed by atoms with Crippen LogP contribution in [0.2, 0.25) is 0 Å². The van der Waals surface area contributed by atoms with Crippen molar-refractivity contribution in [3.63, 3.8) is 0 Å². The van der Waals surface area contributed by atoms with E-state index in [4.69, 9.17) is 5.26 Å². The van der Waals surface area contributed by atoms with Gasteiger partial charge in [0, 0.05) is 18.7 Å². The van der Waals surface area contributed by atoms with Crippen LogP contribution in [0.3, 0.4) is 0 Å². The Balaban J connectivity index is 1.76. The van der Waals surface area contributed by atoms with Crippen molar-refractivity contribution in [1.82, 2.24) is 4.90 Å². The van der Waals surface area contributed by atoms with Crippen LogP contribution in [0.5, 0.6) is 5.75 Å². The van der Waals surface area contributed by atoms with Gasteiger partial charge < -0.3 is 10.0 Å². The third kappa shape index (κ3) is 3.51. The van der Waals surface area contributed by atoms with Gasteiger partial charge in [-0.25, -0.2) is 0 Å². The van der Waals surface area contributed by atoms with Gasteiger partial charge in [-0.3, -0.25) is 4.79 Å². The lowest BCUT2D eigenvalue weighted by Gasteiger charge is -2.38. The molecule has 4 nitrogen and oxygen atoms in total. The van der Waals surface area contributed by atoms with E-state index in [9.17, 15) is 9.90 Å². The van der Waals surface area contributed by atoms with Crippen molar-refractivity contribution in [2.24, 2.45) is 5.92 Å². The Kier molecular flexibility index (Phi) is 5.04. The Bertz CT molecular complexity index is 795. The number of carbonyl (C=O) groups is 1. The van der Waals surface area contributed by atoms with E-state index >= 15 is 0 Å². The van der Waals surface area contributed by atoms with Crippen molar-refractivity contribution >= 4 is 5.91 Å². The lowest BCUT2D eigenvalue weighted by molar-refractivity contribution is 0.0645. The molecule has 0 aromatic heterocycles. The van der Waals surface area contributed by atoms with E-state index in [-0.39, 0.29) is 17.2 Å². The summed E-state index contributed by atoms with van der Waals surface area (Å²) < 4.78 is 0. The second-order valence-electron chi connectivity index (χ2n) is 6.57. The molecular formula is C21H22N2O2. The molecule has 1 N–H and O–H groups in total. The molecule has 0 aliphatic carbocycles. The summed E-state index contributed by atoms with van der Waals surface area (Å²) in [5.74, 6) is 0.681. The van der Waals surface area contributed by atoms with E-state index in [0.717, 1.165) is 19.4 Å². The largest absolute Gasteiger partial charge is 0.507 e. The standard InChI is InChI=1S/C21H22N2O2/c1-2-15-14-23(11-10-19(15)16-6-4-3-5-7-16)21(25)17-8-9-18(13-22)20(24)12-17/h3-9,12,15,19,24H,2,10-11,14H2,1H3. The smallest absolute Gasteiger partial charge is 0.253 e. The number of hydrogen-bond acceptors (Lipinski definition) is 3. The molecule has 1 aliphatic heterocycles. The summed E-state index contributed by atoms with van der Waals surface area (Å²) in [7, 11) is 0. The maximum atomic E-state index is 12.8. The number of carbonyl (C=O) groups excluding carboxylic acids is 1. The zero-order chi connectivity index (χ0) is 17.8. The highest BCUT2D eigenvalue weighted by molar-refractivity contribution is 5.95. The average Bonchev–Trinajstić information content (AvgIpc) is 2.67. The van der Waals surface area contributed by atoms with E-state index < -0.39 is 0 Å². The van der Waals surface area contributed by atoms with Gasteiger partial charge in [0.1, 0.15) is 11.8 Å². The zero-order valence-corrected chi connectivity index (χ0v) is 14.4. The average molecular weight is 334 g/mol. The topological polar surface area (TPSA) is 64.3 Å². The number of likely N-dealkylation sites (tertiary alicyclic amines) is 1. The van der Waals surface area contributed by atoms with E-state index in [1.165, 1.54) is 17.7 Å². The summed E-state index contributed by atoms with van der Waals surface area (Å²) in [4.78, 5) is 14.7. The molecule has 1 aliphatic rings. The number of rotatable bonds is 3. The van der Waals surface area contributed by atoms with E-state index in [0.29, 0.717) is 23.9 Å². The molecular weight excluding hydrogens is 312 g/mol. The van der Waals surface area contributed by atoms with Crippen molar-refractivity contribution in [3.8, 4) is 11.8 Å². The molecule has 1 amide bonds. The first kappa shape index (κ1) is 17.0. The maximum absolute atomic E-state index is 12.8. The minimum absolute atomic E-state index is 0.0789. The van der Waals surface area contributed by atoms with Crippen molar-refractivity contribution in [3.05, 3.63) is 65.2 Å². The number of benzene rings is 2. The Hall–Kier alpha value is -2.80. The molecule has 0 spiro atoms. The summed E-state index contributed by atoms with van der Waals surface area (Å²) in [5, 5.41) is 18.7. The third-order valence-corrected chi connectivity index (χ3v) is 5.14. The lowest BCUT2D eigenvalue weighted by Crippen LogP contribution is -2.42. The van der Waals surface area contributed by atoms with E-state index in [2.05, 4.69) is 31.2 Å². The second-order valence-corrected chi connectivity index (χ2v) is 6.57. The van der Waals surface area contributed by atoms with Gasteiger partial charge in [-0.1, -0.05) is 43.7 Å². The van der Waals surface area contributed by atoms with Crippen molar-refractivity contribution in [1.29, 1.82) is 5.26 Å². The molecule has 2 aromatic carbocycles. The van der Waals surface area contributed by atoms with E-state index in [1.807, 2.05) is 17.0 Å². The molecule has 2 aromatic rings. The summed E-state index contributed by atoms with van der Waals surface area (Å²) in [6.45, 7) is 3.59. The lowest BCUT2D eigenvalue weighted by atomic mass is 9.79. The van der Waals surface area contributed by atoms with Gasteiger partial charge >= 0.3 is 0 Å². The highest BCUT2D eigenvalue weighted by atomic mass is 16.3. The Morgan fingerprint density at radius 1 is 1.28 bits per heavy atom. The number of phenolic OH excluding ortho intramolecular Hbond substituents is 1. The number of phenols is 1. The summed E-state index contributed by atoms with van der Waals surface area (Å²) in [6.07, 6.45) is 1.96. The quantitative estimate of drug-likeness (QED) is 0.925. The van der Waals surface area contributed by atoms with Crippen LogP contribution < -0.4 is 0 Å². The van der Waals surface area contributed by atoms with Crippen LogP contribution in [0.1, 0.15) is 47.2 Å². The molecule has 0 radical (unpaired) electrons. The van der Waals surface area contributed by atoms with Crippen LogP contribution in [0, 0.1) is 17.2 Å². The number of hydrogen-bond donors (Lipinski definition) is 1. The van der Waals surface area contributed by atoms with Crippen LogP contribution in [0.25, 0.3) is 0 Å². The molecule has 0 bridgehead atoms. The predicted octanol–water partition coefficient (Wildman–Crippen LogP) is 3.92. The molecule has 1 fully saturated rings. The van der Waals surface area contributed by atoms with Gasteiger partial charge in [0.25, 0.3) is 5.91 Å². The number of piperidine rings is 1. The number of amides is 1. The minimum atomic E-state index is -0.139. The fourth-order valence-electron chi connectivity index (χ4n) is 3.71. The molecule has 2 unspecified atom stereocenters. The molecule has 1 saturated heterocycles. The normalized spacial score (nSPS) is 20.1. The first-order chi connectivity index (χ1) is 12.1. The van der Waals surface area contributed by atoms with Gasteiger partial charge in [-0.2, -0.15) is 5.26 Å². The summed E-state index contributed by atoms with van der Waals surface area (Å²) >= 11 is 0. The maximum Gasteiger partial charge on any atom is 0.253 e. The Labute approximate surface area is 148 Å². The van der Waals surface area contributed by atoms with Crippen LogP contribution in [-0.2, 0) is 0 Å². The number of aromatic hydroxyl groups is 1. The van der Waals surface area contributed by atoms with Crippen LogP contribution in [-0.4, -0.2) is 29.0 Å². The van der Waals surface area contributed by atoms with Gasteiger partial charge in [0.2, 0.25) is 0 Å². The first-order valence-electron chi connectivity index (χ1n) is 8.71. The SMILES string of the molecule is CCC1CN(C(=O)c2ccc(C#N)c(O)c2)CCC1c1ccccc1. The molecule has 1 heterocycles. The molecule has 3 rings (SSSR count). The molecule has 4 heteroatoms. The van der Waals surface area contributed by atoms with Gasteiger partial charge in [-0.15, -0.1) is 0 Å². The van der Waals surface area contributed by atoms with Crippen molar-refractivity contribution < 1.29 is 9.90 Å². The number of nitriles is 1. The minimum Gasteiger partial charge on any atom is -0.507 e. The molecule has 128 valence electrons.